The summed E-state index contributed by atoms with van der Waals surface area (Å²) in [5, 5.41) is 21.0. The van der Waals surface area contributed by atoms with E-state index in [4.69, 9.17) is 24.0 Å². The van der Waals surface area contributed by atoms with E-state index in [-0.39, 0.29) is 13.2 Å². The zero-order valence-electron chi connectivity index (χ0n) is 19.5. The molecule has 2 heterocycles. The molecule has 37 heavy (non-hydrogen) atoms. The number of aromatic nitrogens is 2. The summed E-state index contributed by atoms with van der Waals surface area (Å²) in [6, 6.07) is 17.9. The normalized spacial score (nSPS) is 21.7. The molecule has 4 N–H and O–H groups in total. The molecular weight excluding hydrogens is 505 g/mol. The zero-order chi connectivity index (χ0) is 26.4. The van der Waals surface area contributed by atoms with Crippen LogP contribution >= 0.6 is 7.82 Å². The van der Waals surface area contributed by atoms with Crippen molar-refractivity contribution in [3.05, 3.63) is 100 Å². The number of aliphatic hydroxyl groups excluding tert-OH is 2. The lowest BCUT2D eigenvalue weighted by atomic mass is 10.1. The average Bonchev–Trinajstić information content (AvgIpc) is 3.19. The third-order valence-corrected chi connectivity index (χ3v) is 6.93. The molecule has 1 aromatic heterocycles. The first-order chi connectivity index (χ1) is 17.8. The van der Waals surface area contributed by atoms with Crippen LogP contribution in [0.25, 0.3) is 0 Å². The van der Waals surface area contributed by atoms with Gasteiger partial charge < -0.3 is 20.7 Å². The Labute approximate surface area is 211 Å². The van der Waals surface area contributed by atoms with Gasteiger partial charge in [-0.05, 0) is 11.1 Å². The van der Waals surface area contributed by atoms with E-state index in [1.54, 1.807) is 48.5 Å². The van der Waals surface area contributed by atoms with Gasteiger partial charge in [0.2, 0.25) is 0 Å². The van der Waals surface area contributed by atoms with Crippen molar-refractivity contribution in [1.82, 2.24) is 9.55 Å². The minimum Gasteiger partial charge on any atom is -0.387 e. The van der Waals surface area contributed by atoms with Crippen LogP contribution in [0.2, 0.25) is 0 Å². The van der Waals surface area contributed by atoms with Crippen LogP contribution in [0.3, 0.4) is 0 Å². The van der Waals surface area contributed by atoms with Gasteiger partial charge in [-0.15, -0.1) is 0 Å². The van der Waals surface area contributed by atoms with Crippen molar-refractivity contribution in [1.29, 1.82) is 0 Å². The molecule has 0 aliphatic carbocycles. The van der Waals surface area contributed by atoms with Gasteiger partial charge in [0.15, 0.2) is 11.9 Å². The molecule has 13 heteroatoms. The van der Waals surface area contributed by atoms with Crippen LogP contribution in [0.15, 0.2) is 77.9 Å². The summed E-state index contributed by atoms with van der Waals surface area (Å²) in [6.07, 6.45) is -3.40. The summed E-state index contributed by atoms with van der Waals surface area (Å²) >= 11 is 0. The maximum absolute atomic E-state index is 13.4. The van der Waals surface area contributed by atoms with E-state index >= 15 is 0 Å². The van der Waals surface area contributed by atoms with Gasteiger partial charge in [0.25, 0.3) is 11.5 Å². The minimum atomic E-state index is -4.18. The molecule has 2 aromatic carbocycles. The number of ether oxygens (including phenoxy) is 1. The summed E-state index contributed by atoms with van der Waals surface area (Å²) in [7, 11) is -4.18. The van der Waals surface area contributed by atoms with Gasteiger partial charge in [0.05, 0.1) is 19.8 Å². The van der Waals surface area contributed by atoms with E-state index in [0.717, 1.165) is 21.9 Å². The van der Waals surface area contributed by atoms with Crippen molar-refractivity contribution in [2.24, 2.45) is 5.73 Å². The van der Waals surface area contributed by atoms with E-state index in [2.05, 4.69) is 4.98 Å². The second-order valence-corrected chi connectivity index (χ2v) is 9.83. The first-order valence-electron chi connectivity index (χ1n) is 11.3. The number of nitrogens with zero attached hydrogens (tertiary/aromatic N) is 2. The number of nitrogens with two attached hydrogens (primary N) is 1. The second-order valence-electron chi connectivity index (χ2n) is 8.16. The molecule has 1 fully saturated rings. The zero-order valence-corrected chi connectivity index (χ0v) is 20.4. The van der Waals surface area contributed by atoms with Crippen molar-refractivity contribution in [3.8, 4) is 0 Å². The molecule has 0 radical (unpaired) electrons. The minimum absolute atomic E-state index is 0.0749. The molecule has 0 spiro atoms. The number of benzene rings is 2. The number of hydrogen-bond acceptors (Lipinski definition) is 10. The maximum atomic E-state index is 13.4. The Bertz CT molecular complexity index is 1260. The highest BCUT2D eigenvalue weighted by Gasteiger charge is 2.45. The Balaban J connectivity index is 1.47. The fourth-order valence-electron chi connectivity index (χ4n) is 3.62. The van der Waals surface area contributed by atoms with Crippen LogP contribution in [0, 0.1) is 0 Å². The van der Waals surface area contributed by atoms with E-state index < -0.39 is 56.1 Å². The number of rotatable bonds is 11. The predicted octanol–water partition coefficient (Wildman–Crippen LogP) is 1.52. The van der Waals surface area contributed by atoms with Gasteiger partial charge in [-0.3, -0.25) is 27.7 Å². The van der Waals surface area contributed by atoms with Crippen LogP contribution in [-0.2, 0) is 36.1 Å². The van der Waals surface area contributed by atoms with E-state index in [1.807, 2.05) is 12.1 Å². The van der Waals surface area contributed by atoms with Gasteiger partial charge in [-0.25, -0.2) is 9.55 Å². The molecular formula is C24H26N3O9P. The Kier molecular flexibility index (Phi) is 8.62. The topological polar surface area (TPSA) is 172 Å². The fourth-order valence-corrected chi connectivity index (χ4v) is 4.79. The van der Waals surface area contributed by atoms with Crippen LogP contribution < -0.4 is 11.3 Å². The molecule has 3 aromatic rings. The summed E-state index contributed by atoms with van der Waals surface area (Å²) in [4.78, 5) is 27.6. The predicted molar refractivity (Wildman–Crippen MR) is 129 cm³/mol. The molecule has 1 aliphatic heterocycles. The van der Waals surface area contributed by atoms with E-state index in [9.17, 15) is 24.4 Å². The lowest BCUT2D eigenvalue weighted by Gasteiger charge is -2.21. The standard InChI is InChI=1S/C24H26N3O9P/c25-22(30)19-23(31)27(12-11-26-19)24-21(29)20(28)18(36-24)15-35-37(32,33-13-16-7-3-1-4-8-16)34-14-17-9-5-2-6-10-17/h1-12,18,20-21,24,28-29H,13-15H2,(H2,25,30)/t18-,20-,21-,24-/m1/s1. The first kappa shape index (κ1) is 26.8. The summed E-state index contributed by atoms with van der Waals surface area (Å²) in [6.45, 7) is -0.652. The lowest BCUT2D eigenvalue weighted by molar-refractivity contribution is -0.0564. The van der Waals surface area contributed by atoms with Crippen LogP contribution in [0.4, 0.5) is 0 Å². The van der Waals surface area contributed by atoms with Crippen LogP contribution in [0.5, 0.6) is 0 Å². The Morgan fingerprint density at radius 1 is 0.973 bits per heavy atom. The number of hydrogen-bond donors (Lipinski definition) is 3. The van der Waals surface area contributed by atoms with Crippen molar-refractivity contribution in [2.45, 2.75) is 37.8 Å². The Morgan fingerprint density at radius 3 is 2.08 bits per heavy atom. The highest BCUT2D eigenvalue weighted by molar-refractivity contribution is 7.48. The van der Waals surface area contributed by atoms with Gasteiger partial charge >= 0.3 is 7.82 Å². The molecule has 4 rings (SSSR count). The highest BCUT2D eigenvalue weighted by atomic mass is 31.2. The number of phosphoric ester groups is 1. The molecule has 1 saturated heterocycles. The third kappa shape index (κ3) is 6.56. The largest absolute Gasteiger partial charge is 0.475 e. The lowest BCUT2D eigenvalue weighted by Crippen LogP contribution is -2.38. The van der Waals surface area contributed by atoms with Gasteiger partial charge in [0.1, 0.15) is 18.3 Å². The molecule has 0 unspecified atom stereocenters. The number of phosphoric acid groups is 1. The molecule has 1 aliphatic rings. The van der Waals surface area contributed by atoms with E-state index in [0.29, 0.717) is 0 Å². The Morgan fingerprint density at radius 2 is 1.54 bits per heavy atom. The summed E-state index contributed by atoms with van der Waals surface area (Å²) in [5.74, 6) is -1.06. The van der Waals surface area contributed by atoms with Crippen molar-refractivity contribution in [2.75, 3.05) is 6.61 Å². The quantitative estimate of drug-likeness (QED) is 0.308. The SMILES string of the molecule is NC(=O)c1nccn([C@@H]2O[C@H](COP(=O)(OCc3ccccc3)OCc3ccccc3)[C@@H](O)[C@H]2O)c1=O. The van der Waals surface area contributed by atoms with Crippen molar-refractivity contribution >= 4 is 13.7 Å². The fraction of sp³-hybridized carbons (Fsp3) is 0.292. The van der Waals surface area contributed by atoms with Crippen molar-refractivity contribution < 1.29 is 37.9 Å². The number of primary amides is 1. The second kappa shape index (κ2) is 11.9. The van der Waals surface area contributed by atoms with Crippen LogP contribution in [0.1, 0.15) is 27.8 Å². The molecule has 4 atom stereocenters. The van der Waals surface area contributed by atoms with Crippen LogP contribution in [-0.4, -0.2) is 50.6 Å². The van der Waals surface area contributed by atoms with Gasteiger partial charge in [-0.2, -0.15) is 0 Å². The number of aliphatic hydroxyl groups is 2. The highest BCUT2D eigenvalue weighted by Crippen LogP contribution is 2.51. The van der Waals surface area contributed by atoms with E-state index in [1.165, 1.54) is 6.20 Å². The molecule has 12 nitrogen and oxygen atoms in total. The molecule has 0 bridgehead atoms. The monoisotopic (exact) mass is 531 g/mol. The Hall–Kier alpha value is -3.22. The smallest absolute Gasteiger partial charge is 0.387 e. The first-order valence-corrected chi connectivity index (χ1v) is 12.7. The molecule has 1 amide bonds. The average molecular weight is 531 g/mol. The molecule has 196 valence electrons. The number of carbonyl (C=O) groups is 1. The maximum Gasteiger partial charge on any atom is 0.475 e. The van der Waals surface area contributed by atoms with Crippen molar-refractivity contribution in [3.63, 3.8) is 0 Å². The van der Waals surface area contributed by atoms with Gasteiger partial charge in [-0.1, -0.05) is 60.7 Å². The summed E-state index contributed by atoms with van der Waals surface area (Å²) < 4.78 is 36.5. The van der Waals surface area contributed by atoms with Gasteiger partial charge in [0, 0.05) is 12.4 Å². The third-order valence-electron chi connectivity index (χ3n) is 5.57. The number of carbonyl (C=O) groups excluding carboxylic acids is 1. The number of amides is 1. The summed E-state index contributed by atoms with van der Waals surface area (Å²) in [5.41, 5.74) is 5.15. The molecule has 0 saturated carbocycles.